The molecular weight excluding hydrogens is 403 g/mol. The minimum atomic E-state index is -0.690. The van der Waals surface area contributed by atoms with Crippen molar-refractivity contribution < 1.29 is 9.47 Å². The molecule has 0 spiro atoms. The van der Waals surface area contributed by atoms with Crippen molar-refractivity contribution in [3.63, 3.8) is 0 Å². The van der Waals surface area contributed by atoms with Crippen LogP contribution in [0.1, 0.15) is 32.8 Å². The van der Waals surface area contributed by atoms with Crippen molar-refractivity contribution in [2.45, 2.75) is 49.0 Å². The van der Waals surface area contributed by atoms with E-state index in [9.17, 15) is 0 Å². The van der Waals surface area contributed by atoms with Crippen LogP contribution in [-0.2, 0) is 16.0 Å². The first kappa shape index (κ1) is 19.1. The molecule has 2 atom stereocenters. The zero-order valence-electron chi connectivity index (χ0n) is 14.4. The van der Waals surface area contributed by atoms with Crippen molar-refractivity contribution in [3.05, 3.63) is 35.9 Å². The lowest BCUT2D eigenvalue weighted by Crippen LogP contribution is -2.56. The third-order valence-electron chi connectivity index (χ3n) is 4.21. The van der Waals surface area contributed by atoms with Gasteiger partial charge in [-0.2, -0.15) is 0 Å². The van der Waals surface area contributed by atoms with Crippen molar-refractivity contribution in [3.8, 4) is 0 Å². The van der Waals surface area contributed by atoms with Gasteiger partial charge in [0.05, 0.1) is 6.04 Å². The maximum absolute atomic E-state index is 6.56. The van der Waals surface area contributed by atoms with Gasteiger partial charge in [0.1, 0.15) is 0 Å². The quantitative estimate of drug-likeness (QED) is 0.426. The lowest BCUT2D eigenvalue weighted by molar-refractivity contribution is -0.248. The highest BCUT2D eigenvalue weighted by atomic mass is 127. The number of ether oxygens (including phenoxy) is 2. The Kier molecular flexibility index (Phi) is 6.86. The van der Waals surface area contributed by atoms with Crippen LogP contribution in [0.5, 0.6) is 0 Å². The van der Waals surface area contributed by atoms with Crippen LogP contribution >= 0.6 is 22.6 Å². The van der Waals surface area contributed by atoms with Gasteiger partial charge in [0.15, 0.2) is 5.79 Å². The zero-order valence-corrected chi connectivity index (χ0v) is 16.6. The molecule has 1 saturated heterocycles. The number of hydrogen-bond acceptors (Lipinski definition) is 4. The van der Waals surface area contributed by atoms with Crippen LogP contribution in [-0.4, -0.2) is 46.5 Å². The van der Waals surface area contributed by atoms with Gasteiger partial charge >= 0.3 is 0 Å². The average molecular weight is 432 g/mol. The maximum atomic E-state index is 6.56. The maximum Gasteiger partial charge on any atom is 0.185 e. The van der Waals surface area contributed by atoms with Gasteiger partial charge in [0.2, 0.25) is 0 Å². The Morgan fingerprint density at radius 1 is 1.22 bits per heavy atom. The first-order valence-corrected chi connectivity index (χ1v) is 9.47. The van der Waals surface area contributed by atoms with E-state index in [0.717, 1.165) is 26.1 Å². The predicted molar refractivity (Wildman–Crippen MR) is 103 cm³/mol. The van der Waals surface area contributed by atoms with Crippen molar-refractivity contribution in [1.29, 1.82) is 0 Å². The number of alkyl halides is 1. The summed E-state index contributed by atoms with van der Waals surface area (Å²) in [6, 6.07) is 10.4. The van der Waals surface area contributed by atoms with Crippen LogP contribution in [0.15, 0.2) is 30.3 Å². The van der Waals surface area contributed by atoms with Gasteiger partial charge < -0.3 is 15.2 Å². The lowest BCUT2D eigenvalue weighted by atomic mass is 9.97. The molecule has 2 rings (SSSR count). The summed E-state index contributed by atoms with van der Waals surface area (Å²) in [6.07, 6.45) is 0.800. The van der Waals surface area contributed by atoms with E-state index in [4.69, 9.17) is 15.2 Å². The summed E-state index contributed by atoms with van der Waals surface area (Å²) in [5.74, 6) is -0.690. The highest BCUT2D eigenvalue weighted by Gasteiger charge is 2.47. The molecule has 0 bridgehead atoms. The number of nitrogens with two attached hydrogens (primary N) is 1. The van der Waals surface area contributed by atoms with Crippen molar-refractivity contribution >= 4 is 22.6 Å². The van der Waals surface area contributed by atoms with Crippen molar-refractivity contribution in [2.75, 3.05) is 26.3 Å². The normalized spacial score (nSPS) is 28.5. The summed E-state index contributed by atoms with van der Waals surface area (Å²) >= 11 is 2.53. The number of nitrogens with zero attached hydrogens (tertiary/aromatic N) is 1. The first-order chi connectivity index (χ1) is 10.9. The fraction of sp³-hybridized carbons (Fsp3) is 0.667. The number of likely N-dealkylation sites (tertiary alicyclic amines) is 1. The van der Waals surface area contributed by atoms with Gasteiger partial charge in [-0.1, -0.05) is 52.9 Å². The van der Waals surface area contributed by atoms with E-state index in [1.54, 1.807) is 0 Å². The van der Waals surface area contributed by atoms with E-state index in [1.165, 1.54) is 5.56 Å². The van der Waals surface area contributed by atoms with E-state index >= 15 is 0 Å². The molecule has 1 aromatic rings. The zero-order chi connectivity index (χ0) is 16.9. The van der Waals surface area contributed by atoms with Gasteiger partial charge in [-0.05, 0) is 26.3 Å². The highest BCUT2D eigenvalue weighted by Crippen LogP contribution is 2.38. The molecular formula is C18H29IN2O2. The summed E-state index contributed by atoms with van der Waals surface area (Å²) in [5, 5.41) is 0. The molecule has 23 heavy (non-hydrogen) atoms. The van der Waals surface area contributed by atoms with Crippen molar-refractivity contribution in [1.82, 2.24) is 4.90 Å². The Bertz CT molecular complexity index is 475. The molecule has 130 valence electrons. The SMILES string of the molecule is CCOC1(OCC)CC(C)(I)CN(Cc2ccccc2)CC1N. The monoisotopic (exact) mass is 432 g/mol. The van der Waals surface area contributed by atoms with Crippen LogP contribution in [0.4, 0.5) is 0 Å². The molecule has 1 fully saturated rings. The average Bonchev–Trinajstić information content (AvgIpc) is 2.55. The fourth-order valence-corrected chi connectivity index (χ4v) is 4.47. The van der Waals surface area contributed by atoms with Crippen LogP contribution in [0.3, 0.4) is 0 Å². The summed E-state index contributed by atoms with van der Waals surface area (Å²) in [7, 11) is 0. The van der Waals surface area contributed by atoms with Crippen molar-refractivity contribution in [2.24, 2.45) is 5.73 Å². The first-order valence-electron chi connectivity index (χ1n) is 8.39. The smallest absolute Gasteiger partial charge is 0.185 e. The molecule has 4 nitrogen and oxygen atoms in total. The van der Waals surface area contributed by atoms with E-state index in [0.29, 0.717) is 13.2 Å². The predicted octanol–water partition coefficient (Wildman–Crippen LogP) is 3.18. The molecule has 0 aromatic heterocycles. The fourth-order valence-electron chi connectivity index (χ4n) is 3.46. The van der Waals surface area contributed by atoms with Gasteiger partial charge in [0, 0.05) is 42.7 Å². The molecule has 1 heterocycles. The summed E-state index contributed by atoms with van der Waals surface area (Å²) in [5.41, 5.74) is 7.87. The van der Waals surface area contributed by atoms with Crippen LogP contribution in [0.2, 0.25) is 0 Å². The lowest BCUT2D eigenvalue weighted by Gasteiger charge is -2.39. The second-order valence-corrected chi connectivity index (χ2v) is 9.13. The molecule has 1 aliphatic rings. The summed E-state index contributed by atoms with van der Waals surface area (Å²) < 4.78 is 12.2. The Morgan fingerprint density at radius 3 is 2.39 bits per heavy atom. The molecule has 1 aliphatic heterocycles. The van der Waals surface area contributed by atoms with E-state index in [-0.39, 0.29) is 9.46 Å². The number of halogens is 1. The minimum Gasteiger partial charge on any atom is -0.349 e. The van der Waals surface area contributed by atoms with Crippen LogP contribution < -0.4 is 5.73 Å². The van der Waals surface area contributed by atoms with Gasteiger partial charge in [-0.25, -0.2) is 0 Å². The standard InChI is InChI=1S/C18H29IN2O2/c1-4-22-18(23-5-2)13-17(3,19)14-21(12-16(18)20)11-15-9-7-6-8-10-15/h6-10,16H,4-5,11-14,20H2,1-3H3. The molecule has 0 radical (unpaired) electrons. The van der Waals surface area contributed by atoms with Gasteiger partial charge in [-0.3, -0.25) is 4.90 Å². The third-order valence-corrected chi connectivity index (χ3v) is 4.94. The summed E-state index contributed by atoms with van der Waals surface area (Å²) in [4.78, 5) is 2.42. The molecule has 0 saturated carbocycles. The third kappa shape index (κ3) is 5.13. The largest absolute Gasteiger partial charge is 0.349 e. The second kappa shape index (κ2) is 8.25. The molecule has 0 amide bonds. The highest BCUT2D eigenvalue weighted by molar-refractivity contribution is 14.1. The second-order valence-electron chi connectivity index (χ2n) is 6.53. The van der Waals surface area contributed by atoms with Gasteiger partial charge in [-0.15, -0.1) is 0 Å². The molecule has 2 unspecified atom stereocenters. The van der Waals surface area contributed by atoms with Gasteiger partial charge in [0.25, 0.3) is 0 Å². The molecule has 5 heteroatoms. The van der Waals surface area contributed by atoms with Crippen LogP contribution in [0, 0.1) is 0 Å². The topological polar surface area (TPSA) is 47.7 Å². The minimum absolute atomic E-state index is 0.0466. The Morgan fingerprint density at radius 2 is 1.83 bits per heavy atom. The molecule has 2 N–H and O–H groups in total. The van der Waals surface area contributed by atoms with E-state index in [2.05, 4.69) is 64.7 Å². The molecule has 0 aliphatic carbocycles. The van der Waals surface area contributed by atoms with E-state index < -0.39 is 5.79 Å². The number of benzene rings is 1. The van der Waals surface area contributed by atoms with E-state index in [1.807, 2.05) is 13.8 Å². The van der Waals surface area contributed by atoms with Crippen LogP contribution in [0.25, 0.3) is 0 Å². The summed E-state index contributed by atoms with van der Waals surface area (Å²) in [6.45, 7) is 10.1. The Labute approximate surface area is 153 Å². The number of hydrogen-bond donors (Lipinski definition) is 1. The Hall–Kier alpha value is -0.210. The molecule has 1 aromatic carbocycles. The number of rotatable bonds is 6. The Balaban J connectivity index is 2.20.